The maximum atomic E-state index is 12.5. The van der Waals surface area contributed by atoms with Crippen LogP contribution in [0, 0.1) is 0 Å². The molecule has 7 heteroatoms. The molecule has 146 valence electrons. The Hall–Kier alpha value is -2.51. The van der Waals surface area contributed by atoms with Crippen LogP contribution in [0.5, 0.6) is 0 Å². The van der Waals surface area contributed by atoms with Crippen molar-refractivity contribution in [1.82, 2.24) is 0 Å². The van der Waals surface area contributed by atoms with Gasteiger partial charge in [-0.3, -0.25) is 4.79 Å². The van der Waals surface area contributed by atoms with Crippen molar-refractivity contribution in [3.63, 3.8) is 0 Å². The maximum absolute atomic E-state index is 12.5. The van der Waals surface area contributed by atoms with Crippen LogP contribution in [-0.2, 0) is 16.0 Å². The summed E-state index contributed by atoms with van der Waals surface area (Å²) in [6.45, 7) is 2.69. The molecule has 1 heterocycles. The lowest BCUT2D eigenvalue weighted by Gasteiger charge is -2.25. The molecule has 1 aromatic carbocycles. The van der Waals surface area contributed by atoms with Crippen LogP contribution in [-0.4, -0.2) is 52.6 Å². The number of carboxylic acid groups (broad SMARTS) is 1. The first-order valence-corrected chi connectivity index (χ1v) is 9.35. The van der Waals surface area contributed by atoms with Crippen molar-refractivity contribution in [1.29, 1.82) is 0 Å². The van der Waals surface area contributed by atoms with E-state index in [1.807, 2.05) is 12.1 Å². The molecule has 1 aromatic rings. The molecule has 1 aliphatic heterocycles. The van der Waals surface area contributed by atoms with E-state index in [2.05, 4.69) is 17.2 Å². The molecule has 0 saturated carbocycles. The fraction of sp³-hybridized carbons (Fsp3) is 0.450. The van der Waals surface area contributed by atoms with Gasteiger partial charge in [0, 0.05) is 12.3 Å². The van der Waals surface area contributed by atoms with Gasteiger partial charge in [0.15, 0.2) is 18.6 Å². The van der Waals surface area contributed by atoms with E-state index in [1.165, 1.54) is 0 Å². The summed E-state index contributed by atoms with van der Waals surface area (Å²) in [5.41, 5.74) is 1.84. The van der Waals surface area contributed by atoms with E-state index in [4.69, 9.17) is 5.11 Å². The second-order valence-corrected chi connectivity index (χ2v) is 6.82. The van der Waals surface area contributed by atoms with Crippen molar-refractivity contribution in [2.24, 2.45) is 4.99 Å². The molecule has 0 radical (unpaired) electrons. The van der Waals surface area contributed by atoms with Crippen molar-refractivity contribution < 1.29 is 24.3 Å². The first-order valence-electron chi connectivity index (χ1n) is 9.35. The fourth-order valence-electron chi connectivity index (χ4n) is 3.06. The Bertz CT molecular complexity index is 712. The van der Waals surface area contributed by atoms with Crippen LogP contribution in [0.4, 0.5) is 5.69 Å². The first kappa shape index (κ1) is 20.8. The molecular weight excluding hydrogens is 346 g/mol. The standard InChI is InChI=1S/C20H27N3O4/c1-2-3-4-5-11-23(14-19(25)26)13-18(21-15-23)20(27)22-17-8-6-16(7-9-17)10-12-24/h6-9,13,15,24H,2-5,10-12,14H2,1H3,(H-,22,25,26,27)/p+1. The molecule has 1 aliphatic rings. The Labute approximate surface area is 159 Å². The number of benzene rings is 1. The van der Waals surface area contributed by atoms with Gasteiger partial charge in [-0.25, -0.2) is 9.28 Å². The summed E-state index contributed by atoms with van der Waals surface area (Å²) in [7, 11) is 0. The first-order chi connectivity index (χ1) is 13.0. The van der Waals surface area contributed by atoms with Gasteiger partial charge in [-0.05, 0) is 37.0 Å². The predicted octanol–water partition coefficient (Wildman–Crippen LogP) is 2.52. The number of carboxylic acids is 1. The summed E-state index contributed by atoms with van der Waals surface area (Å²) >= 11 is 0. The number of nitrogens with one attached hydrogen (secondary N) is 1. The summed E-state index contributed by atoms with van der Waals surface area (Å²) in [5.74, 6) is -1.28. The SMILES string of the molecule is CCCCCC[N+]1(CC(=O)O)C=NC(C(=O)Nc2ccc(CCO)cc2)=C1. The zero-order valence-electron chi connectivity index (χ0n) is 15.7. The number of unbranched alkanes of at least 4 members (excludes halogenated alkanes) is 3. The van der Waals surface area contributed by atoms with Crippen molar-refractivity contribution >= 4 is 23.9 Å². The molecule has 7 nitrogen and oxygen atoms in total. The number of nitrogens with zero attached hydrogens (tertiary/aromatic N) is 2. The molecule has 0 fully saturated rings. The van der Waals surface area contributed by atoms with Crippen LogP contribution in [0.15, 0.2) is 41.2 Å². The molecule has 2 rings (SSSR count). The Morgan fingerprint density at radius 1 is 1.15 bits per heavy atom. The molecule has 1 amide bonds. The second kappa shape index (κ2) is 9.99. The smallest absolute Gasteiger partial charge is 0.360 e. The number of hydrogen-bond acceptors (Lipinski definition) is 4. The van der Waals surface area contributed by atoms with Gasteiger partial charge in [0.25, 0.3) is 5.91 Å². The van der Waals surface area contributed by atoms with Gasteiger partial charge in [0.05, 0.1) is 6.54 Å². The van der Waals surface area contributed by atoms with E-state index in [0.29, 0.717) is 18.7 Å². The number of quaternary nitrogens is 1. The van der Waals surface area contributed by atoms with E-state index >= 15 is 0 Å². The molecule has 3 N–H and O–H groups in total. The van der Waals surface area contributed by atoms with Crippen LogP contribution >= 0.6 is 0 Å². The molecule has 1 atom stereocenters. The molecular formula is C20H28N3O4+. The quantitative estimate of drug-likeness (QED) is 0.409. The van der Waals surface area contributed by atoms with Crippen molar-refractivity contribution in [2.75, 3.05) is 25.0 Å². The molecule has 0 bridgehead atoms. The highest BCUT2D eigenvalue weighted by Crippen LogP contribution is 2.20. The number of aliphatic hydroxyl groups excluding tert-OH is 1. The summed E-state index contributed by atoms with van der Waals surface area (Å²) in [6, 6.07) is 7.23. The van der Waals surface area contributed by atoms with Gasteiger partial charge in [-0.2, -0.15) is 4.99 Å². The molecule has 0 saturated heterocycles. The number of aliphatic imine (C=N–C) groups is 1. The third-order valence-corrected chi connectivity index (χ3v) is 4.51. The number of carbonyl (C=O) groups excluding carboxylic acids is 1. The van der Waals surface area contributed by atoms with E-state index in [1.54, 1.807) is 24.7 Å². The lowest BCUT2D eigenvalue weighted by Crippen LogP contribution is -2.44. The fourth-order valence-corrected chi connectivity index (χ4v) is 3.06. The Morgan fingerprint density at radius 3 is 2.52 bits per heavy atom. The van der Waals surface area contributed by atoms with Crippen LogP contribution in [0.2, 0.25) is 0 Å². The van der Waals surface area contributed by atoms with Gasteiger partial charge in [-0.1, -0.05) is 31.9 Å². The molecule has 0 aromatic heterocycles. The van der Waals surface area contributed by atoms with Gasteiger partial charge in [0.2, 0.25) is 0 Å². The normalized spacial score (nSPS) is 18.4. The van der Waals surface area contributed by atoms with Crippen LogP contribution < -0.4 is 5.32 Å². The van der Waals surface area contributed by atoms with Crippen molar-refractivity contribution in [2.45, 2.75) is 39.0 Å². The lowest BCUT2D eigenvalue weighted by atomic mass is 10.1. The highest BCUT2D eigenvalue weighted by Gasteiger charge is 2.34. The average Bonchev–Trinajstić information content (AvgIpc) is 3.04. The Balaban J connectivity index is 2.04. The largest absolute Gasteiger partial charge is 0.477 e. The zero-order chi connectivity index (χ0) is 19.7. The monoisotopic (exact) mass is 374 g/mol. The number of carbonyl (C=O) groups is 2. The predicted molar refractivity (Wildman–Crippen MR) is 104 cm³/mol. The van der Waals surface area contributed by atoms with Gasteiger partial charge >= 0.3 is 5.97 Å². The average molecular weight is 374 g/mol. The highest BCUT2D eigenvalue weighted by atomic mass is 16.4. The Kier molecular flexibility index (Phi) is 7.69. The van der Waals surface area contributed by atoms with Crippen LogP contribution in [0.25, 0.3) is 0 Å². The van der Waals surface area contributed by atoms with Crippen molar-refractivity contribution in [3.05, 3.63) is 41.7 Å². The van der Waals surface area contributed by atoms with E-state index < -0.39 is 5.97 Å². The highest BCUT2D eigenvalue weighted by molar-refractivity contribution is 6.04. The molecule has 1 unspecified atom stereocenters. The van der Waals surface area contributed by atoms with E-state index in [0.717, 1.165) is 31.2 Å². The molecule has 0 spiro atoms. The number of aliphatic carboxylic acids is 1. The second-order valence-electron chi connectivity index (χ2n) is 6.82. The number of anilines is 1. The molecule has 27 heavy (non-hydrogen) atoms. The number of amides is 1. The molecule has 0 aliphatic carbocycles. The topological polar surface area (TPSA) is 99.0 Å². The van der Waals surface area contributed by atoms with Gasteiger partial charge in [0.1, 0.15) is 6.20 Å². The lowest BCUT2D eigenvalue weighted by molar-refractivity contribution is -0.771. The van der Waals surface area contributed by atoms with E-state index in [-0.39, 0.29) is 29.2 Å². The Morgan fingerprint density at radius 2 is 1.89 bits per heavy atom. The van der Waals surface area contributed by atoms with Crippen LogP contribution in [0.3, 0.4) is 0 Å². The minimum Gasteiger partial charge on any atom is -0.477 e. The summed E-state index contributed by atoms with van der Waals surface area (Å²) < 4.78 is 0.0667. The summed E-state index contributed by atoms with van der Waals surface area (Å²) in [6.07, 6.45) is 7.87. The third kappa shape index (κ3) is 6.30. The zero-order valence-corrected chi connectivity index (χ0v) is 15.7. The van der Waals surface area contributed by atoms with Gasteiger partial charge in [-0.15, -0.1) is 0 Å². The number of aliphatic hydroxyl groups is 1. The van der Waals surface area contributed by atoms with Crippen LogP contribution in [0.1, 0.15) is 38.2 Å². The maximum Gasteiger partial charge on any atom is 0.360 e. The third-order valence-electron chi connectivity index (χ3n) is 4.51. The summed E-state index contributed by atoms with van der Waals surface area (Å²) in [5, 5.41) is 21.0. The minimum atomic E-state index is -0.922. The summed E-state index contributed by atoms with van der Waals surface area (Å²) in [4.78, 5) is 27.9. The van der Waals surface area contributed by atoms with Gasteiger partial charge < -0.3 is 15.5 Å². The number of hydrogen-bond donors (Lipinski definition) is 3. The number of rotatable bonds is 11. The van der Waals surface area contributed by atoms with E-state index in [9.17, 15) is 14.7 Å². The minimum absolute atomic E-state index is 0.0667. The van der Waals surface area contributed by atoms with Crippen molar-refractivity contribution in [3.8, 4) is 0 Å².